The van der Waals surface area contributed by atoms with Gasteiger partial charge in [-0.25, -0.2) is 0 Å². The SMILES string of the molecule is c1cc2c3c4c1Cc1ccc5c6c1B4c1c4c7c8c9c1n-6c1c(ccc6c1n9-c1c(ccc9c1B8c1c(ccc8c1-n7c1c(ccc(c1n4-3)C2)C8)C9)C6)C5.c1cc2c3ccc4c5ccc6c7c5n5c4c3n3c2c2c1-c1ccc4c8ccc9c%10ccc-6c6c%10n%10c9c8n8c4c1B2C1C3C5C(B76)[C@H]%10C18.c1cc2c3ccc4c5ccc6c7c5n5c8c9c%10c%11c%12c8n(c2c2c1-c1ccc8c%13ccc%14c%15ccc-6c(c%15n%10c%14c%13n%11c8c1B2%12)B79)c3c45. The molecule has 0 bridgehead atoms. The zero-order chi connectivity index (χ0) is 92.1. The summed E-state index contributed by atoms with van der Waals surface area (Å²) in [4.78, 5) is 0. The average molecular weight is 1870 g/mol. The lowest BCUT2D eigenvalue weighted by atomic mass is 9.23. The Labute approximate surface area is 842 Å². The highest BCUT2D eigenvalue weighted by molar-refractivity contribution is 7.09. The fourth-order valence-electron chi connectivity index (χ4n) is 44.2. The maximum Gasteiger partial charge on any atom is 0.254 e. The van der Waals surface area contributed by atoms with E-state index < -0.39 is 0 Å². The maximum absolute atomic E-state index is 2.99. The summed E-state index contributed by atoms with van der Waals surface area (Å²) >= 11 is 0. The molecule has 0 saturated heterocycles. The van der Waals surface area contributed by atoms with Crippen molar-refractivity contribution in [1.82, 2.24) is 54.1 Å². The molecule has 36 heterocycles. The molecule has 6 atom stereocenters. The number of nitrogens with zero attached hydrogens (tertiary/aromatic N) is 12. The highest BCUT2D eigenvalue weighted by atomic mass is 15.3. The van der Waals surface area contributed by atoms with Crippen molar-refractivity contribution in [1.29, 1.82) is 0 Å². The number of fused-ring (bicyclic) bond motifs is 12. The molecule has 12 nitrogen and oxygen atoms in total. The van der Waals surface area contributed by atoms with E-state index in [0.29, 0.717) is 49.2 Å². The molecule has 0 amide bonds. The number of hydrogen-bond donors (Lipinski definition) is 0. The van der Waals surface area contributed by atoms with Gasteiger partial charge in [0.2, 0.25) is 13.4 Å². The lowest BCUT2D eigenvalue weighted by Gasteiger charge is -2.62. The van der Waals surface area contributed by atoms with Gasteiger partial charge < -0.3 is 54.1 Å². The van der Waals surface area contributed by atoms with Gasteiger partial charge in [0, 0.05) is 157 Å². The Morgan fingerprint density at radius 1 is 0.140 bits per heavy atom. The summed E-state index contributed by atoms with van der Waals surface area (Å²) < 4.78 is 34.5. The van der Waals surface area contributed by atoms with Gasteiger partial charge >= 0.3 is 0 Å². The van der Waals surface area contributed by atoms with Gasteiger partial charge in [0.15, 0.2) is 0 Å². The fourth-order valence-corrected chi connectivity index (χ4v) is 44.2. The normalized spacial score (nSPS) is 20.2. The predicted molar refractivity (Wildman–Crippen MR) is 614 cm³/mol. The molecule has 1 aliphatic carbocycles. The third-order valence-electron chi connectivity index (χ3n) is 47.5. The van der Waals surface area contributed by atoms with Crippen LogP contribution in [0.2, 0.25) is 11.6 Å². The third-order valence-corrected chi connectivity index (χ3v) is 47.5. The first kappa shape index (κ1) is 65.8. The summed E-state index contributed by atoms with van der Waals surface area (Å²) in [7, 11) is 0. The van der Waals surface area contributed by atoms with Gasteiger partial charge in [-0.2, -0.15) is 0 Å². The summed E-state index contributed by atoms with van der Waals surface area (Å²) in [5, 5.41) is 23.1. The number of benzene rings is 20. The standard InChI is InChI=1S/C48H24B2N4.C42H18B2N4.C42H12B2N4/c1-5-23-15-27-9-10-28-17-25-7-3-21-14-22-4-8-26-18-30-12-11-29-16-24-6-2-20-13-19(1)31-37(23)51-41(27)42(28)53-39(25)33(21)50-34(22)40(26)54-44(30)43(29)52-38(24)32(20)49(31)35-45(51)47(53)36(50)48(54)46(35)52;2*1-5-17-21-9-10-22-19-7-3-15-16-4-8-20-24-12-11-23-18-6-2-14-13(1)25-31(17)45-35(21)36(22)47-33(19)27(15)44-28(16)34(20)48-38(24)37(23)46-32(18)26(14)43(25)29-39(45)41(47)30(44)42(48)40(29)46/h1-12H,13-18H2;1-12,29-30,39-42H;1-12H/t;29?,30?,39-,40?,41?,42?;/m.0./s1. The fraction of sp³-hybridized carbons (Fsp3) is 0.0909. The van der Waals surface area contributed by atoms with Gasteiger partial charge in [-0.15, -0.1) is 0 Å². The molecule has 25 aliphatic rings. The molecule has 12 aromatic heterocycles. The zero-order valence-electron chi connectivity index (χ0n) is 79.3. The Balaban J connectivity index is 0.0000000745. The van der Waals surface area contributed by atoms with Crippen molar-refractivity contribution in [3.63, 3.8) is 0 Å². The van der Waals surface area contributed by atoms with Crippen LogP contribution < -0.4 is 87.4 Å². The first-order chi connectivity index (χ1) is 74.6. The van der Waals surface area contributed by atoms with Gasteiger partial charge in [-0.1, -0.05) is 218 Å². The van der Waals surface area contributed by atoms with Crippen molar-refractivity contribution >= 4 is 368 Å². The minimum atomic E-state index is 0.241. The largest absolute Gasteiger partial charge is 0.334 e. The Bertz CT molecular complexity index is 12500. The Kier molecular flexibility index (Phi) is 8.07. The van der Waals surface area contributed by atoms with Crippen LogP contribution in [0.1, 0.15) is 90.9 Å². The van der Waals surface area contributed by atoms with Crippen LogP contribution in [-0.4, -0.2) is 94.4 Å². The summed E-state index contributed by atoms with van der Waals surface area (Å²) in [5.74, 6) is 1.05. The second-order valence-electron chi connectivity index (χ2n) is 51.0. The van der Waals surface area contributed by atoms with Gasteiger partial charge in [0.05, 0.1) is 157 Å². The summed E-state index contributed by atoms with van der Waals surface area (Å²) in [5.41, 5.74) is 103. The van der Waals surface area contributed by atoms with Crippen LogP contribution in [0.5, 0.6) is 0 Å². The molecule has 0 spiro atoms. The van der Waals surface area contributed by atoms with E-state index >= 15 is 0 Å². The first-order valence-corrected chi connectivity index (χ1v) is 55.6. The quantitative estimate of drug-likeness (QED) is 0.107. The van der Waals surface area contributed by atoms with Gasteiger partial charge in [0.25, 0.3) is 26.9 Å². The highest BCUT2D eigenvalue weighted by Gasteiger charge is 2.72. The van der Waals surface area contributed by atoms with E-state index in [1.165, 1.54) is 353 Å². The molecule has 24 aliphatic heterocycles. The van der Waals surface area contributed by atoms with Crippen LogP contribution in [0.3, 0.4) is 0 Å². The molecule has 1 saturated carbocycles. The van der Waals surface area contributed by atoms with E-state index in [1.807, 2.05) is 0 Å². The molecule has 57 rings (SSSR count). The zero-order valence-corrected chi connectivity index (χ0v) is 79.3. The van der Waals surface area contributed by atoms with Crippen LogP contribution in [0.4, 0.5) is 0 Å². The van der Waals surface area contributed by atoms with Crippen molar-refractivity contribution in [2.75, 3.05) is 0 Å². The minimum absolute atomic E-state index is 0.241. The van der Waals surface area contributed by atoms with Crippen molar-refractivity contribution in [3.05, 3.63) is 285 Å². The second-order valence-corrected chi connectivity index (χ2v) is 51.0. The Morgan fingerprint density at radius 2 is 0.327 bits per heavy atom. The summed E-state index contributed by atoms with van der Waals surface area (Å²) in [6.45, 7) is 1.90. The predicted octanol–water partition coefficient (Wildman–Crippen LogP) is 15.9. The van der Waals surface area contributed by atoms with E-state index in [-0.39, 0.29) is 26.9 Å². The number of aromatic nitrogens is 12. The van der Waals surface area contributed by atoms with Crippen molar-refractivity contribution in [2.45, 2.75) is 74.3 Å². The first-order valence-electron chi connectivity index (χ1n) is 55.6. The van der Waals surface area contributed by atoms with Gasteiger partial charge in [-0.3, -0.25) is 0 Å². The maximum atomic E-state index is 2.99. The van der Waals surface area contributed by atoms with Crippen LogP contribution in [0.25, 0.3) is 308 Å². The van der Waals surface area contributed by atoms with E-state index in [1.54, 1.807) is 109 Å². The van der Waals surface area contributed by atoms with Crippen LogP contribution in [0, 0.1) is 0 Å². The second kappa shape index (κ2) is 18.4. The molecular formula is C132H54B6N12. The van der Waals surface area contributed by atoms with E-state index in [9.17, 15) is 0 Å². The van der Waals surface area contributed by atoms with Gasteiger partial charge in [0.1, 0.15) is 0 Å². The summed E-state index contributed by atoms with van der Waals surface area (Å²) in [6.07, 6.45) is 6.06. The van der Waals surface area contributed by atoms with Crippen LogP contribution in [-0.2, 0) is 38.5 Å². The van der Waals surface area contributed by atoms with Crippen molar-refractivity contribution in [3.8, 4) is 67.3 Å². The highest BCUT2D eigenvalue weighted by Crippen LogP contribution is 2.75. The van der Waals surface area contributed by atoms with Gasteiger partial charge in [-0.05, 0) is 223 Å². The smallest absolute Gasteiger partial charge is 0.254 e. The Hall–Kier alpha value is -17.6. The lowest BCUT2D eigenvalue weighted by molar-refractivity contribution is 0.136. The molecule has 150 heavy (non-hydrogen) atoms. The minimum Gasteiger partial charge on any atom is -0.334 e. The van der Waals surface area contributed by atoms with Crippen LogP contribution in [0.15, 0.2) is 218 Å². The molecule has 660 valence electrons. The van der Waals surface area contributed by atoms with E-state index in [2.05, 4.69) is 273 Å². The summed E-state index contributed by atoms with van der Waals surface area (Å²) in [6, 6.07) is 91.3. The Morgan fingerprint density at radius 3 is 0.580 bits per heavy atom. The molecule has 32 aromatic rings. The van der Waals surface area contributed by atoms with Crippen molar-refractivity contribution < 1.29 is 0 Å². The van der Waals surface area contributed by atoms with Crippen LogP contribution >= 0.6 is 0 Å². The molecule has 0 radical (unpaired) electrons. The molecule has 18 heteroatoms. The van der Waals surface area contributed by atoms with Crippen molar-refractivity contribution in [2.24, 2.45) is 0 Å². The van der Waals surface area contributed by atoms with E-state index in [4.69, 9.17) is 0 Å². The topological polar surface area (TPSA) is 57.1 Å². The molecule has 20 aromatic carbocycles. The molecule has 0 N–H and O–H groups in total. The molecular weight excluding hydrogens is 1820 g/mol. The molecule has 5 unspecified atom stereocenters. The van der Waals surface area contributed by atoms with E-state index in [0.717, 1.165) is 38.5 Å². The average Bonchev–Trinajstić information content (AvgIpc) is 1.39. The molecule has 1 fully saturated rings. The monoisotopic (exact) mass is 1870 g/mol. The third kappa shape index (κ3) is 5.19. The number of hydrogen-bond acceptors (Lipinski definition) is 0. The lowest BCUT2D eigenvalue weighted by Crippen LogP contribution is -2.68. The number of rotatable bonds is 0.